The molecule has 0 aromatic heterocycles. The summed E-state index contributed by atoms with van der Waals surface area (Å²) in [7, 11) is 3.40. The molecule has 0 bridgehead atoms. The molecule has 0 saturated heterocycles. The highest BCUT2D eigenvalue weighted by atomic mass is 35.5. The fourth-order valence-corrected chi connectivity index (χ4v) is 5.88. The molecule has 8 heteroatoms. The molecule has 1 unspecified atom stereocenters. The molecule has 0 spiro atoms. The van der Waals surface area contributed by atoms with Gasteiger partial charge in [-0.15, -0.1) is 0 Å². The van der Waals surface area contributed by atoms with E-state index in [0.29, 0.717) is 11.6 Å². The molecule has 1 amide bonds. The van der Waals surface area contributed by atoms with E-state index >= 15 is 0 Å². The number of nitrogens with zero attached hydrogens (tertiary/aromatic N) is 2. The number of carbonyl (C=O) groups is 1. The van der Waals surface area contributed by atoms with Gasteiger partial charge >= 0.3 is 0 Å². The third-order valence-electron chi connectivity index (χ3n) is 6.18. The molecule has 1 heterocycles. The zero-order valence-electron chi connectivity index (χ0n) is 20.1. The van der Waals surface area contributed by atoms with Crippen molar-refractivity contribution in [1.29, 1.82) is 0 Å². The molecule has 34 heavy (non-hydrogen) atoms. The van der Waals surface area contributed by atoms with E-state index in [-0.39, 0.29) is 11.3 Å². The summed E-state index contributed by atoms with van der Waals surface area (Å²) >= 11 is 7.83. The second-order valence-electron chi connectivity index (χ2n) is 8.81. The number of hydrogen-bond donors (Lipinski definition) is 0. The number of fused-ring (bicyclic) bond motifs is 1. The zero-order chi connectivity index (χ0) is 24.1. The van der Waals surface area contributed by atoms with Gasteiger partial charge in [-0.2, -0.15) is 0 Å². The number of amides is 1. The Hall–Kier alpha value is -1.93. The first-order valence-electron chi connectivity index (χ1n) is 11.8. The van der Waals surface area contributed by atoms with Crippen molar-refractivity contribution < 1.29 is 19.0 Å². The van der Waals surface area contributed by atoms with Crippen molar-refractivity contribution in [2.75, 3.05) is 52.0 Å². The normalized spacial score (nSPS) is 17.2. The van der Waals surface area contributed by atoms with Crippen molar-refractivity contribution in [3.05, 3.63) is 47.0 Å². The van der Waals surface area contributed by atoms with Crippen LogP contribution in [0.1, 0.15) is 37.1 Å². The maximum absolute atomic E-state index is 12.6. The van der Waals surface area contributed by atoms with Crippen molar-refractivity contribution in [1.82, 2.24) is 4.90 Å². The van der Waals surface area contributed by atoms with E-state index in [4.69, 9.17) is 25.8 Å². The van der Waals surface area contributed by atoms with Crippen LogP contribution in [0.3, 0.4) is 0 Å². The van der Waals surface area contributed by atoms with Crippen LogP contribution in [0.2, 0.25) is 5.02 Å². The lowest BCUT2D eigenvalue weighted by Crippen LogP contribution is -2.31. The zero-order valence-corrected chi connectivity index (χ0v) is 21.7. The summed E-state index contributed by atoms with van der Waals surface area (Å²) in [6, 6.07) is 11.4. The number of rotatable bonds is 12. The number of hydrogen-bond acceptors (Lipinski definition) is 6. The molecule has 1 fully saturated rings. The van der Waals surface area contributed by atoms with E-state index in [1.807, 2.05) is 36.4 Å². The lowest BCUT2D eigenvalue weighted by molar-refractivity contribution is -0.116. The molecular weight excluding hydrogens is 472 g/mol. The summed E-state index contributed by atoms with van der Waals surface area (Å²) in [6.07, 6.45) is 3.61. The standard InChI is InChI=1S/C26H33ClN2O4S/c1-18(30)29-23-9-7-20(27)15-25(23)34-26(29)22-16-21(32-3)8-10-24(22)33-13-4-11-28(12-14-31-2)17-19-5-6-19/h7-10,15-16,19,26H,4-6,11-14,17H2,1-3H3. The fraction of sp³-hybridized carbons (Fsp3) is 0.500. The first-order chi connectivity index (χ1) is 16.5. The summed E-state index contributed by atoms with van der Waals surface area (Å²) < 4.78 is 17.1. The summed E-state index contributed by atoms with van der Waals surface area (Å²) in [4.78, 5) is 17.9. The molecule has 1 saturated carbocycles. The van der Waals surface area contributed by atoms with Crippen molar-refractivity contribution in [2.24, 2.45) is 5.92 Å². The van der Waals surface area contributed by atoms with Crippen LogP contribution in [0.4, 0.5) is 5.69 Å². The Balaban J connectivity index is 1.47. The van der Waals surface area contributed by atoms with Crippen LogP contribution in [0.25, 0.3) is 0 Å². The first kappa shape index (κ1) is 25.2. The van der Waals surface area contributed by atoms with E-state index in [1.165, 1.54) is 12.8 Å². The number of methoxy groups -OCH3 is 2. The third-order valence-corrected chi connectivity index (χ3v) is 7.68. The van der Waals surface area contributed by atoms with Gasteiger partial charge in [-0.25, -0.2) is 0 Å². The Kier molecular flexibility index (Phi) is 8.64. The summed E-state index contributed by atoms with van der Waals surface area (Å²) in [5.74, 6) is 2.32. The van der Waals surface area contributed by atoms with Crippen LogP contribution in [0.5, 0.6) is 11.5 Å². The van der Waals surface area contributed by atoms with Crippen LogP contribution < -0.4 is 14.4 Å². The molecule has 1 atom stereocenters. The minimum Gasteiger partial charge on any atom is -0.497 e. The van der Waals surface area contributed by atoms with Gasteiger partial charge < -0.3 is 19.1 Å². The molecule has 0 N–H and O–H groups in total. The number of ether oxygens (including phenoxy) is 3. The van der Waals surface area contributed by atoms with Crippen LogP contribution in [0.15, 0.2) is 41.3 Å². The minimum absolute atomic E-state index is 0.0267. The maximum atomic E-state index is 12.6. The van der Waals surface area contributed by atoms with Crippen molar-refractivity contribution in [3.63, 3.8) is 0 Å². The van der Waals surface area contributed by atoms with Gasteiger partial charge in [0.2, 0.25) is 5.91 Å². The molecule has 2 aliphatic rings. The van der Waals surface area contributed by atoms with Crippen LogP contribution in [-0.2, 0) is 9.53 Å². The van der Waals surface area contributed by atoms with Gasteiger partial charge in [0.25, 0.3) is 0 Å². The Morgan fingerprint density at radius 2 is 1.97 bits per heavy atom. The SMILES string of the molecule is COCCN(CCCOc1ccc(OC)cc1C1Sc2cc(Cl)ccc2N1C(C)=O)CC1CC1. The topological polar surface area (TPSA) is 51.2 Å². The van der Waals surface area contributed by atoms with Crippen molar-refractivity contribution >= 4 is 35.0 Å². The van der Waals surface area contributed by atoms with Crippen LogP contribution in [0, 0.1) is 5.92 Å². The Labute approximate surface area is 211 Å². The summed E-state index contributed by atoms with van der Waals surface area (Å²) in [5, 5.41) is 0.408. The highest BCUT2D eigenvalue weighted by Crippen LogP contribution is 2.54. The largest absolute Gasteiger partial charge is 0.497 e. The smallest absolute Gasteiger partial charge is 0.225 e. The Bertz CT molecular complexity index is 1000. The number of thioether (sulfide) groups is 1. The number of anilines is 1. The molecule has 6 nitrogen and oxygen atoms in total. The van der Waals surface area contributed by atoms with E-state index in [0.717, 1.165) is 66.2 Å². The van der Waals surface area contributed by atoms with Gasteiger partial charge in [-0.05, 0) is 61.6 Å². The third kappa shape index (κ3) is 6.19. The minimum atomic E-state index is -0.246. The highest BCUT2D eigenvalue weighted by molar-refractivity contribution is 8.00. The van der Waals surface area contributed by atoms with E-state index in [1.54, 1.807) is 37.8 Å². The predicted molar refractivity (Wildman–Crippen MR) is 137 cm³/mol. The van der Waals surface area contributed by atoms with Crippen LogP contribution in [-0.4, -0.2) is 57.9 Å². The Morgan fingerprint density at radius 3 is 2.68 bits per heavy atom. The van der Waals surface area contributed by atoms with Crippen molar-refractivity contribution in [3.8, 4) is 11.5 Å². The molecule has 0 radical (unpaired) electrons. The van der Waals surface area contributed by atoms with Gasteiger partial charge in [0.1, 0.15) is 16.9 Å². The van der Waals surface area contributed by atoms with Gasteiger partial charge in [-0.1, -0.05) is 23.4 Å². The summed E-state index contributed by atoms with van der Waals surface area (Å²) in [5.41, 5.74) is 1.79. The monoisotopic (exact) mass is 504 g/mol. The quantitative estimate of drug-likeness (QED) is 0.349. The molecule has 1 aliphatic carbocycles. The van der Waals surface area contributed by atoms with Crippen LogP contribution >= 0.6 is 23.4 Å². The fourth-order valence-electron chi connectivity index (χ4n) is 4.25. The van der Waals surface area contributed by atoms with E-state index in [9.17, 15) is 4.79 Å². The molecule has 2 aromatic rings. The Morgan fingerprint density at radius 1 is 1.15 bits per heavy atom. The molecule has 4 rings (SSSR count). The average molecular weight is 505 g/mol. The maximum Gasteiger partial charge on any atom is 0.225 e. The van der Waals surface area contributed by atoms with E-state index < -0.39 is 0 Å². The predicted octanol–water partition coefficient (Wildman–Crippen LogP) is 5.63. The van der Waals surface area contributed by atoms with Gasteiger partial charge in [0, 0.05) is 49.1 Å². The average Bonchev–Trinajstić information content (AvgIpc) is 3.56. The second-order valence-corrected chi connectivity index (χ2v) is 10.4. The van der Waals surface area contributed by atoms with E-state index in [2.05, 4.69) is 4.90 Å². The highest BCUT2D eigenvalue weighted by Gasteiger charge is 2.36. The molecule has 1 aliphatic heterocycles. The number of halogens is 1. The van der Waals surface area contributed by atoms with Gasteiger partial charge in [-0.3, -0.25) is 9.69 Å². The first-order valence-corrected chi connectivity index (χ1v) is 13.0. The lowest BCUT2D eigenvalue weighted by Gasteiger charge is -2.26. The molecule has 184 valence electrons. The second kappa shape index (κ2) is 11.7. The van der Waals surface area contributed by atoms with Gasteiger partial charge in [0.15, 0.2) is 0 Å². The summed E-state index contributed by atoms with van der Waals surface area (Å²) in [6.45, 7) is 6.02. The van der Waals surface area contributed by atoms with Crippen molar-refractivity contribution in [2.45, 2.75) is 36.5 Å². The molecule has 2 aromatic carbocycles. The molecular formula is C26H33ClN2O4S. The number of benzene rings is 2. The number of carbonyl (C=O) groups excluding carboxylic acids is 1. The van der Waals surface area contributed by atoms with Gasteiger partial charge in [0.05, 0.1) is 26.0 Å². The lowest BCUT2D eigenvalue weighted by atomic mass is 10.1.